The van der Waals surface area contributed by atoms with Gasteiger partial charge in [0.2, 0.25) is 5.91 Å². The molecule has 96 valence electrons. The first-order valence-electron chi connectivity index (χ1n) is 5.62. The number of carbonyl (C=O) groups is 2. The van der Waals surface area contributed by atoms with Crippen molar-refractivity contribution in [2.24, 2.45) is 5.92 Å². The van der Waals surface area contributed by atoms with Crippen molar-refractivity contribution in [3.63, 3.8) is 0 Å². The van der Waals surface area contributed by atoms with Gasteiger partial charge in [0.1, 0.15) is 0 Å². The van der Waals surface area contributed by atoms with Crippen molar-refractivity contribution in [3.05, 3.63) is 28.8 Å². The summed E-state index contributed by atoms with van der Waals surface area (Å²) in [5, 5.41) is 14.8. The molecule has 0 bridgehead atoms. The summed E-state index contributed by atoms with van der Waals surface area (Å²) in [5.41, 5.74) is 0.541. The van der Waals surface area contributed by atoms with Gasteiger partial charge >= 0.3 is 5.97 Å². The second-order valence-corrected chi connectivity index (χ2v) is 4.59. The van der Waals surface area contributed by atoms with E-state index in [-0.39, 0.29) is 22.4 Å². The highest BCUT2D eigenvalue weighted by atomic mass is 35.5. The van der Waals surface area contributed by atoms with Crippen LogP contribution in [0, 0.1) is 5.92 Å². The van der Waals surface area contributed by atoms with E-state index >= 15 is 0 Å². The first kappa shape index (κ1) is 12.9. The van der Waals surface area contributed by atoms with Gasteiger partial charge in [-0.3, -0.25) is 4.79 Å². The van der Waals surface area contributed by atoms with E-state index in [9.17, 15) is 9.59 Å². The van der Waals surface area contributed by atoms with Crippen LogP contribution in [0.1, 0.15) is 16.8 Å². The van der Waals surface area contributed by atoms with E-state index in [0.29, 0.717) is 12.2 Å². The number of nitrogens with one attached hydrogen (secondary N) is 2. The smallest absolute Gasteiger partial charge is 0.337 e. The van der Waals surface area contributed by atoms with E-state index in [4.69, 9.17) is 16.7 Å². The standard InChI is InChI=1S/C12H13ClN2O3/c13-10-5-8(1-2-9(10)12(17)18)15-11(16)7-3-4-14-6-7/h1-2,5,7,14H,3-4,6H2,(H,15,16)(H,17,18). The Bertz CT molecular complexity index is 484. The van der Waals surface area contributed by atoms with Crippen LogP contribution < -0.4 is 10.6 Å². The topological polar surface area (TPSA) is 78.4 Å². The number of carboxylic acid groups (broad SMARTS) is 1. The van der Waals surface area contributed by atoms with Crippen molar-refractivity contribution in [2.75, 3.05) is 18.4 Å². The maximum absolute atomic E-state index is 11.8. The number of hydrogen-bond donors (Lipinski definition) is 3. The third-order valence-corrected chi connectivity index (χ3v) is 3.21. The Morgan fingerprint density at radius 1 is 1.44 bits per heavy atom. The normalized spacial score (nSPS) is 18.6. The van der Waals surface area contributed by atoms with Crippen LogP contribution in [0.2, 0.25) is 5.02 Å². The van der Waals surface area contributed by atoms with Crippen molar-refractivity contribution in [1.29, 1.82) is 0 Å². The Balaban J connectivity index is 2.07. The number of anilines is 1. The van der Waals surface area contributed by atoms with Crippen molar-refractivity contribution in [1.82, 2.24) is 5.32 Å². The lowest BCUT2D eigenvalue weighted by molar-refractivity contribution is -0.119. The summed E-state index contributed by atoms with van der Waals surface area (Å²) in [4.78, 5) is 22.6. The predicted octanol–water partition coefficient (Wildman–Crippen LogP) is 1.59. The summed E-state index contributed by atoms with van der Waals surface area (Å²) >= 11 is 5.82. The number of benzene rings is 1. The van der Waals surface area contributed by atoms with Gasteiger partial charge in [0.15, 0.2) is 0 Å². The lowest BCUT2D eigenvalue weighted by Crippen LogP contribution is -2.24. The van der Waals surface area contributed by atoms with E-state index < -0.39 is 5.97 Å². The molecule has 18 heavy (non-hydrogen) atoms. The van der Waals surface area contributed by atoms with Gasteiger partial charge in [-0.2, -0.15) is 0 Å². The molecule has 3 N–H and O–H groups in total. The second kappa shape index (κ2) is 5.37. The average molecular weight is 269 g/mol. The summed E-state index contributed by atoms with van der Waals surface area (Å²) < 4.78 is 0. The molecule has 0 aliphatic carbocycles. The summed E-state index contributed by atoms with van der Waals surface area (Å²) in [6.07, 6.45) is 0.812. The van der Waals surface area contributed by atoms with Crippen LogP contribution in [0.25, 0.3) is 0 Å². The number of carboxylic acids is 1. The zero-order valence-electron chi connectivity index (χ0n) is 9.57. The van der Waals surface area contributed by atoms with Gasteiger partial charge < -0.3 is 15.7 Å². The fraction of sp³-hybridized carbons (Fsp3) is 0.333. The second-order valence-electron chi connectivity index (χ2n) is 4.18. The number of aromatic carboxylic acids is 1. The molecule has 6 heteroatoms. The Kier molecular flexibility index (Phi) is 3.84. The number of hydrogen-bond acceptors (Lipinski definition) is 3. The van der Waals surface area contributed by atoms with Crippen LogP contribution in [-0.4, -0.2) is 30.1 Å². The lowest BCUT2D eigenvalue weighted by atomic mass is 10.1. The lowest BCUT2D eigenvalue weighted by Gasteiger charge is -2.10. The van der Waals surface area contributed by atoms with E-state index in [1.165, 1.54) is 18.2 Å². The number of halogens is 1. The Morgan fingerprint density at radius 2 is 2.22 bits per heavy atom. The summed E-state index contributed by atoms with van der Waals surface area (Å²) in [7, 11) is 0. The maximum Gasteiger partial charge on any atom is 0.337 e. The molecule has 1 aliphatic rings. The van der Waals surface area contributed by atoms with Crippen LogP contribution in [0.4, 0.5) is 5.69 Å². The Hall–Kier alpha value is -1.59. The van der Waals surface area contributed by atoms with Crippen LogP contribution in [-0.2, 0) is 4.79 Å². The zero-order chi connectivity index (χ0) is 13.1. The molecule has 1 aromatic rings. The third kappa shape index (κ3) is 2.80. The molecule has 1 heterocycles. The molecule has 1 unspecified atom stereocenters. The minimum absolute atomic E-state index is 0.0252. The third-order valence-electron chi connectivity index (χ3n) is 2.90. The van der Waals surface area contributed by atoms with E-state index in [2.05, 4.69) is 10.6 Å². The molecule has 0 radical (unpaired) electrons. The number of rotatable bonds is 3. The van der Waals surface area contributed by atoms with E-state index in [1.54, 1.807) is 0 Å². The molecule has 5 nitrogen and oxygen atoms in total. The van der Waals surface area contributed by atoms with Gasteiger partial charge in [0.25, 0.3) is 0 Å². The average Bonchev–Trinajstić information content (AvgIpc) is 2.81. The van der Waals surface area contributed by atoms with Gasteiger partial charge in [-0.15, -0.1) is 0 Å². The minimum Gasteiger partial charge on any atom is -0.478 e. The van der Waals surface area contributed by atoms with Crippen LogP contribution in [0.5, 0.6) is 0 Å². The highest BCUT2D eigenvalue weighted by Gasteiger charge is 2.22. The van der Waals surface area contributed by atoms with E-state index in [1.807, 2.05) is 0 Å². The van der Waals surface area contributed by atoms with Crippen molar-refractivity contribution in [2.45, 2.75) is 6.42 Å². The molecule has 0 spiro atoms. The largest absolute Gasteiger partial charge is 0.478 e. The van der Waals surface area contributed by atoms with Crippen LogP contribution in [0.15, 0.2) is 18.2 Å². The minimum atomic E-state index is -1.09. The predicted molar refractivity (Wildman–Crippen MR) is 68.0 cm³/mol. The molecular weight excluding hydrogens is 256 g/mol. The molecule has 0 saturated carbocycles. The van der Waals surface area contributed by atoms with Crippen LogP contribution in [0.3, 0.4) is 0 Å². The van der Waals surface area contributed by atoms with Gasteiger partial charge in [-0.25, -0.2) is 4.79 Å². The summed E-state index contributed by atoms with van der Waals surface area (Å²) in [6.45, 7) is 1.52. The number of amides is 1. The summed E-state index contributed by atoms with van der Waals surface area (Å²) in [6, 6.07) is 4.37. The molecule has 1 aliphatic heterocycles. The van der Waals surface area contributed by atoms with Crippen molar-refractivity contribution >= 4 is 29.2 Å². The van der Waals surface area contributed by atoms with Gasteiger partial charge in [0, 0.05) is 12.2 Å². The van der Waals surface area contributed by atoms with Crippen molar-refractivity contribution < 1.29 is 14.7 Å². The SMILES string of the molecule is O=C(O)c1ccc(NC(=O)C2CCNC2)cc1Cl. The number of carbonyl (C=O) groups excluding carboxylic acids is 1. The molecule has 1 amide bonds. The fourth-order valence-corrected chi connectivity index (χ4v) is 2.15. The van der Waals surface area contributed by atoms with Crippen molar-refractivity contribution in [3.8, 4) is 0 Å². The Labute approximate surface area is 109 Å². The highest BCUT2D eigenvalue weighted by Crippen LogP contribution is 2.22. The van der Waals surface area contributed by atoms with Crippen LogP contribution >= 0.6 is 11.6 Å². The van der Waals surface area contributed by atoms with E-state index in [0.717, 1.165) is 13.0 Å². The molecule has 1 aromatic carbocycles. The fourth-order valence-electron chi connectivity index (χ4n) is 1.89. The quantitative estimate of drug-likeness (QED) is 0.778. The molecule has 1 saturated heterocycles. The monoisotopic (exact) mass is 268 g/mol. The molecule has 1 atom stereocenters. The first-order chi connectivity index (χ1) is 8.58. The molecule has 1 fully saturated rings. The van der Waals surface area contributed by atoms with Gasteiger partial charge in [-0.1, -0.05) is 11.6 Å². The first-order valence-corrected chi connectivity index (χ1v) is 6.00. The Morgan fingerprint density at radius 3 is 2.78 bits per heavy atom. The molecular formula is C12H13ClN2O3. The van der Waals surface area contributed by atoms with Gasteiger partial charge in [-0.05, 0) is 31.2 Å². The molecule has 0 aromatic heterocycles. The van der Waals surface area contributed by atoms with Gasteiger partial charge in [0.05, 0.1) is 16.5 Å². The zero-order valence-corrected chi connectivity index (χ0v) is 10.3. The highest BCUT2D eigenvalue weighted by molar-refractivity contribution is 6.33. The molecule has 2 rings (SSSR count). The maximum atomic E-state index is 11.8. The summed E-state index contributed by atoms with van der Waals surface area (Å²) in [5.74, 6) is -1.19.